The lowest BCUT2D eigenvalue weighted by Gasteiger charge is -2.39. The van der Waals surface area contributed by atoms with Crippen LogP contribution in [0.5, 0.6) is 0 Å². The maximum atomic E-state index is 9.95. The fourth-order valence-corrected chi connectivity index (χ4v) is 3.15. The fraction of sp³-hybridized carbons (Fsp3) is 0.462. The average molecular weight is 313 g/mol. The Morgan fingerprint density at radius 2 is 1.86 bits per heavy atom. The second kappa shape index (κ2) is 5.91. The van der Waals surface area contributed by atoms with E-state index in [-0.39, 0.29) is 5.22 Å². The summed E-state index contributed by atoms with van der Waals surface area (Å²) in [6.45, 7) is -0.463. The van der Waals surface area contributed by atoms with E-state index < -0.39 is 36.5 Å². The molecule has 0 saturated carbocycles. The van der Waals surface area contributed by atoms with E-state index in [0.717, 1.165) is 11.8 Å². The molecule has 8 heteroatoms. The smallest absolute Gasteiger partial charge is 0.259 e. The lowest BCUT2D eigenvalue weighted by Crippen LogP contribution is -2.57. The highest BCUT2D eigenvalue weighted by Gasteiger charge is 2.44. The Bertz CT molecular complexity index is 584. The van der Waals surface area contributed by atoms with Crippen molar-refractivity contribution in [3.63, 3.8) is 0 Å². The Morgan fingerprint density at radius 1 is 1.10 bits per heavy atom. The summed E-state index contributed by atoms with van der Waals surface area (Å²) in [5, 5.41) is 38.8. The van der Waals surface area contributed by atoms with Gasteiger partial charge in [-0.3, -0.25) is 0 Å². The van der Waals surface area contributed by atoms with E-state index in [9.17, 15) is 15.3 Å². The van der Waals surface area contributed by atoms with Gasteiger partial charge < -0.3 is 29.6 Å². The third-order valence-corrected chi connectivity index (χ3v) is 4.34. The molecule has 0 radical (unpaired) electrons. The molecule has 0 aliphatic carbocycles. The number of thioether (sulfide) groups is 1. The zero-order valence-corrected chi connectivity index (χ0v) is 11.7. The lowest BCUT2D eigenvalue weighted by atomic mass is 10.0. The van der Waals surface area contributed by atoms with E-state index in [1.54, 1.807) is 12.1 Å². The molecule has 0 amide bonds. The van der Waals surface area contributed by atoms with Gasteiger partial charge in [-0.15, -0.1) is 0 Å². The lowest BCUT2D eigenvalue weighted by molar-refractivity contribution is -0.205. The van der Waals surface area contributed by atoms with Crippen LogP contribution in [0.3, 0.4) is 0 Å². The van der Waals surface area contributed by atoms with Crippen molar-refractivity contribution < 1.29 is 29.6 Å². The monoisotopic (exact) mass is 313 g/mol. The van der Waals surface area contributed by atoms with Crippen LogP contribution in [0.15, 0.2) is 33.9 Å². The number of ether oxygens (including phenoxy) is 1. The van der Waals surface area contributed by atoms with Crippen LogP contribution in [0.4, 0.5) is 0 Å². The van der Waals surface area contributed by atoms with E-state index in [1.807, 2.05) is 12.1 Å². The highest BCUT2D eigenvalue weighted by Crippen LogP contribution is 2.34. The molecule has 114 valence electrons. The largest absolute Gasteiger partial charge is 0.431 e. The number of benzene rings is 1. The molecule has 1 fully saturated rings. The molecule has 7 nitrogen and oxygen atoms in total. The molecule has 1 saturated heterocycles. The number of aliphatic hydroxyl groups is 4. The summed E-state index contributed by atoms with van der Waals surface area (Å²) in [6.07, 6.45) is -5.03. The van der Waals surface area contributed by atoms with Crippen LogP contribution >= 0.6 is 11.8 Å². The zero-order chi connectivity index (χ0) is 15.0. The van der Waals surface area contributed by atoms with Gasteiger partial charge in [-0.1, -0.05) is 12.1 Å². The number of rotatable bonds is 3. The molecule has 3 rings (SSSR count). The third kappa shape index (κ3) is 2.78. The number of fused-ring (bicyclic) bond motifs is 1. The molecule has 1 aliphatic rings. The Labute approximate surface area is 124 Å². The first kappa shape index (κ1) is 14.8. The van der Waals surface area contributed by atoms with Crippen molar-refractivity contribution in [3.05, 3.63) is 24.3 Å². The Balaban J connectivity index is 1.79. The first-order chi connectivity index (χ1) is 10.1. The standard InChI is InChI=1S/C13H15NO6S/c15-5-8-9(16)10(17)11(18)12(19-8)21-13-14-6-3-1-2-4-7(6)20-13/h1-4,8-12,15-18H,5H2/t8-,9-,10+,11-,12+/m1/s1. The molecule has 0 bridgehead atoms. The molecule has 2 heterocycles. The maximum absolute atomic E-state index is 9.95. The predicted molar refractivity (Wildman–Crippen MR) is 73.6 cm³/mol. The molecule has 2 aromatic rings. The molecule has 1 aliphatic heterocycles. The topological polar surface area (TPSA) is 116 Å². The number of aliphatic hydroxyl groups excluding tert-OH is 4. The first-order valence-corrected chi connectivity index (χ1v) is 7.31. The predicted octanol–water partition coefficient (Wildman–Crippen LogP) is -0.280. The summed E-state index contributed by atoms with van der Waals surface area (Å²) >= 11 is 0.991. The minimum Gasteiger partial charge on any atom is -0.431 e. The summed E-state index contributed by atoms with van der Waals surface area (Å²) in [5.74, 6) is 0. The van der Waals surface area contributed by atoms with E-state index >= 15 is 0 Å². The van der Waals surface area contributed by atoms with Gasteiger partial charge in [0.05, 0.1) is 6.61 Å². The molecule has 0 spiro atoms. The van der Waals surface area contributed by atoms with Crippen LogP contribution in [0.1, 0.15) is 0 Å². The quantitative estimate of drug-likeness (QED) is 0.611. The second-order valence-corrected chi connectivity index (χ2v) is 5.81. The van der Waals surface area contributed by atoms with Crippen molar-refractivity contribution in [2.75, 3.05) is 6.61 Å². The Hall–Kier alpha value is -1.16. The average Bonchev–Trinajstić information content (AvgIpc) is 2.90. The maximum Gasteiger partial charge on any atom is 0.259 e. The third-order valence-electron chi connectivity index (χ3n) is 3.34. The van der Waals surface area contributed by atoms with E-state index in [2.05, 4.69) is 4.98 Å². The number of nitrogens with zero attached hydrogens (tertiary/aromatic N) is 1. The normalized spacial score (nSPS) is 33.4. The molecule has 1 aromatic carbocycles. The van der Waals surface area contributed by atoms with Crippen LogP contribution in [0, 0.1) is 0 Å². The van der Waals surface area contributed by atoms with Crippen LogP contribution in [0.2, 0.25) is 0 Å². The van der Waals surface area contributed by atoms with Gasteiger partial charge in [-0.25, -0.2) is 4.98 Å². The molecule has 1 aromatic heterocycles. The van der Waals surface area contributed by atoms with Crippen molar-refractivity contribution >= 4 is 22.9 Å². The first-order valence-electron chi connectivity index (χ1n) is 6.43. The van der Waals surface area contributed by atoms with Gasteiger partial charge in [0.1, 0.15) is 35.4 Å². The highest BCUT2D eigenvalue weighted by molar-refractivity contribution is 7.99. The molecule has 5 atom stereocenters. The van der Waals surface area contributed by atoms with Crippen LogP contribution in [-0.2, 0) is 4.74 Å². The molecular formula is C13H15NO6S. The van der Waals surface area contributed by atoms with Crippen LogP contribution in [0.25, 0.3) is 11.1 Å². The van der Waals surface area contributed by atoms with Crippen LogP contribution < -0.4 is 0 Å². The molecule has 4 N–H and O–H groups in total. The van der Waals surface area contributed by atoms with E-state index in [1.165, 1.54) is 0 Å². The molecular weight excluding hydrogens is 298 g/mol. The molecule has 21 heavy (non-hydrogen) atoms. The zero-order valence-electron chi connectivity index (χ0n) is 10.9. The van der Waals surface area contributed by atoms with Gasteiger partial charge in [0, 0.05) is 0 Å². The van der Waals surface area contributed by atoms with Gasteiger partial charge in [0.15, 0.2) is 5.58 Å². The summed E-state index contributed by atoms with van der Waals surface area (Å²) in [6, 6.07) is 7.19. The SMILES string of the molecule is OC[C@H]1O[C@@H](Sc2nc3ccccc3o2)[C@H](O)[C@@H](O)[C@@H]1O. The minimum absolute atomic E-state index is 0.278. The number of para-hydroxylation sites is 2. The minimum atomic E-state index is -1.40. The van der Waals surface area contributed by atoms with Crippen molar-refractivity contribution in [2.45, 2.75) is 35.1 Å². The molecule has 0 unspecified atom stereocenters. The van der Waals surface area contributed by atoms with Gasteiger partial charge in [-0.2, -0.15) is 0 Å². The summed E-state index contributed by atoms with van der Waals surface area (Å²) in [5.41, 5.74) is 0.378. The Morgan fingerprint density at radius 3 is 2.57 bits per heavy atom. The fourth-order valence-electron chi connectivity index (χ4n) is 2.17. The number of oxazole rings is 1. The highest BCUT2D eigenvalue weighted by atomic mass is 32.2. The van der Waals surface area contributed by atoms with Gasteiger partial charge in [-0.05, 0) is 23.9 Å². The number of hydrogen-bond donors (Lipinski definition) is 4. The van der Waals surface area contributed by atoms with Crippen LogP contribution in [-0.4, -0.2) is 61.9 Å². The van der Waals surface area contributed by atoms with Gasteiger partial charge >= 0.3 is 0 Å². The van der Waals surface area contributed by atoms with Crippen molar-refractivity contribution in [1.82, 2.24) is 4.98 Å². The van der Waals surface area contributed by atoms with E-state index in [0.29, 0.717) is 11.1 Å². The van der Waals surface area contributed by atoms with Crippen molar-refractivity contribution in [3.8, 4) is 0 Å². The van der Waals surface area contributed by atoms with Gasteiger partial charge in [0.2, 0.25) is 0 Å². The summed E-state index contributed by atoms with van der Waals surface area (Å²) in [7, 11) is 0. The second-order valence-electron chi connectivity index (χ2n) is 4.76. The summed E-state index contributed by atoms with van der Waals surface area (Å²) in [4.78, 5) is 4.23. The Kier molecular flexibility index (Phi) is 4.16. The van der Waals surface area contributed by atoms with Crippen molar-refractivity contribution in [1.29, 1.82) is 0 Å². The van der Waals surface area contributed by atoms with E-state index in [4.69, 9.17) is 14.3 Å². The number of aromatic nitrogens is 1. The van der Waals surface area contributed by atoms with Crippen molar-refractivity contribution in [2.24, 2.45) is 0 Å². The number of hydrogen-bond acceptors (Lipinski definition) is 8. The van der Waals surface area contributed by atoms with Gasteiger partial charge in [0.25, 0.3) is 5.22 Å². The summed E-state index contributed by atoms with van der Waals surface area (Å²) < 4.78 is 10.9.